The van der Waals surface area contributed by atoms with E-state index in [0.29, 0.717) is 34.1 Å². The first kappa shape index (κ1) is 25.9. The number of methoxy groups -OCH3 is 1. The molecule has 1 N–H and O–H groups in total. The number of Topliss-reactive ketones (excluding diaryl/α,β-unsaturated/α-hetero) is 1. The van der Waals surface area contributed by atoms with Gasteiger partial charge >= 0.3 is 5.97 Å². The van der Waals surface area contributed by atoms with E-state index in [2.05, 4.69) is 4.98 Å². The number of ether oxygens (including phenoxy) is 2. The molecule has 1 saturated heterocycles. The summed E-state index contributed by atoms with van der Waals surface area (Å²) in [6.07, 6.45) is 3.85. The summed E-state index contributed by atoms with van der Waals surface area (Å²) >= 11 is 6.12. The van der Waals surface area contributed by atoms with Gasteiger partial charge in [0.15, 0.2) is 0 Å². The number of esters is 1. The molecule has 0 radical (unpaired) electrons. The van der Waals surface area contributed by atoms with Crippen molar-refractivity contribution in [3.05, 3.63) is 99.8 Å². The number of nitrogens with zero attached hydrogens (tertiary/aromatic N) is 2. The largest absolute Gasteiger partial charge is 0.507 e. The third-order valence-corrected chi connectivity index (χ3v) is 6.26. The summed E-state index contributed by atoms with van der Waals surface area (Å²) in [5.41, 5.74) is 1.85. The first-order chi connectivity index (χ1) is 17.8. The average molecular weight is 521 g/mol. The lowest BCUT2D eigenvalue weighted by atomic mass is 9.96. The highest BCUT2D eigenvalue weighted by molar-refractivity contribution is 6.46. The predicted molar refractivity (Wildman–Crippen MR) is 137 cm³/mol. The number of hydrogen-bond acceptors (Lipinski definition) is 7. The van der Waals surface area contributed by atoms with Gasteiger partial charge in [0.1, 0.15) is 11.5 Å². The van der Waals surface area contributed by atoms with Gasteiger partial charge in [-0.25, -0.2) is 4.79 Å². The number of halogens is 1. The van der Waals surface area contributed by atoms with E-state index in [1.807, 2.05) is 6.92 Å². The molecule has 1 aliphatic rings. The van der Waals surface area contributed by atoms with Crippen LogP contribution in [0.5, 0.6) is 5.75 Å². The van der Waals surface area contributed by atoms with Gasteiger partial charge in [-0.1, -0.05) is 36.7 Å². The molecule has 0 aliphatic carbocycles. The highest BCUT2D eigenvalue weighted by Gasteiger charge is 2.46. The second kappa shape index (κ2) is 11.3. The lowest BCUT2D eigenvalue weighted by Gasteiger charge is -2.25. The molecule has 1 unspecified atom stereocenters. The van der Waals surface area contributed by atoms with E-state index in [0.717, 1.165) is 6.42 Å². The summed E-state index contributed by atoms with van der Waals surface area (Å²) in [5, 5.41) is 11.6. The lowest BCUT2D eigenvalue weighted by Crippen LogP contribution is -2.29. The number of aliphatic hydroxyl groups is 1. The topological polar surface area (TPSA) is 106 Å². The molecule has 1 aromatic heterocycles. The average Bonchev–Trinajstić information content (AvgIpc) is 3.17. The van der Waals surface area contributed by atoms with Crippen LogP contribution in [-0.2, 0) is 20.9 Å². The van der Waals surface area contributed by atoms with Crippen molar-refractivity contribution in [3.8, 4) is 5.75 Å². The van der Waals surface area contributed by atoms with Gasteiger partial charge in [0.05, 0.1) is 35.9 Å². The number of carbonyl (C=O) groups is 3. The Morgan fingerprint density at radius 1 is 1.11 bits per heavy atom. The molecule has 1 aliphatic heterocycles. The molecule has 9 heteroatoms. The summed E-state index contributed by atoms with van der Waals surface area (Å²) in [7, 11) is 1.44. The zero-order valence-electron chi connectivity index (χ0n) is 20.3. The van der Waals surface area contributed by atoms with E-state index in [9.17, 15) is 19.5 Å². The molecule has 1 amide bonds. The molecule has 2 heterocycles. The zero-order valence-corrected chi connectivity index (χ0v) is 21.1. The number of amides is 1. The molecule has 3 aromatic rings. The third-order valence-electron chi connectivity index (χ3n) is 5.94. The van der Waals surface area contributed by atoms with Crippen molar-refractivity contribution in [2.45, 2.75) is 25.9 Å². The van der Waals surface area contributed by atoms with Crippen molar-refractivity contribution in [1.82, 2.24) is 9.88 Å². The first-order valence-corrected chi connectivity index (χ1v) is 12.0. The van der Waals surface area contributed by atoms with Gasteiger partial charge in [0, 0.05) is 24.5 Å². The van der Waals surface area contributed by atoms with Gasteiger partial charge in [-0.15, -0.1) is 0 Å². The van der Waals surface area contributed by atoms with E-state index in [4.69, 9.17) is 21.1 Å². The van der Waals surface area contributed by atoms with Crippen LogP contribution in [0.15, 0.2) is 72.6 Å². The van der Waals surface area contributed by atoms with Gasteiger partial charge in [-0.2, -0.15) is 0 Å². The minimum absolute atomic E-state index is 0.0646. The minimum Gasteiger partial charge on any atom is -0.507 e. The number of hydrogen-bond donors (Lipinski definition) is 1. The van der Waals surface area contributed by atoms with E-state index < -0.39 is 23.7 Å². The Morgan fingerprint density at radius 2 is 1.84 bits per heavy atom. The number of pyridine rings is 1. The smallest absolute Gasteiger partial charge is 0.338 e. The molecule has 4 rings (SSSR count). The van der Waals surface area contributed by atoms with Gasteiger partial charge in [-0.05, 0) is 53.9 Å². The van der Waals surface area contributed by atoms with Gasteiger partial charge < -0.3 is 19.5 Å². The third kappa shape index (κ3) is 5.34. The fourth-order valence-corrected chi connectivity index (χ4v) is 4.31. The number of likely N-dealkylation sites (tertiary alicyclic amines) is 1. The highest BCUT2D eigenvalue weighted by atomic mass is 35.5. The fraction of sp³-hybridized carbons (Fsp3) is 0.214. The van der Waals surface area contributed by atoms with Crippen LogP contribution in [0.3, 0.4) is 0 Å². The van der Waals surface area contributed by atoms with Crippen molar-refractivity contribution in [1.29, 1.82) is 0 Å². The highest BCUT2D eigenvalue weighted by Crippen LogP contribution is 2.40. The molecule has 0 bridgehead atoms. The van der Waals surface area contributed by atoms with Crippen LogP contribution in [0.1, 0.15) is 46.4 Å². The van der Waals surface area contributed by atoms with Crippen LogP contribution in [0.4, 0.5) is 0 Å². The maximum atomic E-state index is 13.2. The van der Waals surface area contributed by atoms with Crippen molar-refractivity contribution in [3.63, 3.8) is 0 Å². The van der Waals surface area contributed by atoms with Crippen molar-refractivity contribution in [2.75, 3.05) is 13.7 Å². The zero-order chi connectivity index (χ0) is 26.5. The van der Waals surface area contributed by atoms with Crippen LogP contribution in [0.25, 0.3) is 5.76 Å². The Morgan fingerprint density at radius 3 is 2.49 bits per heavy atom. The number of aromatic nitrogens is 1. The molecular weight excluding hydrogens is 496 g/mol. The second-order valence-corrected chi connectivity index (χ2v) is 8.80. The SMILES string of the molecule is CCCOC(=O)c1ccc(CN2C(=O)C(=O)/C(=C(\O)c3ccc(Cl)c(OC)c3)C2c2cccnc2)cc1. The standard InChI is InChI=1S/C28H25ClN2O6/c1-3-13-37-28(35)18-8-6-17(7-9-18)16-31-24(20-5-4-12-30-15-20)23(26(33)27(31)34)25(32)19-10-11-21(29)22(14-19)36-2/h4-12,14-15,24,32H,3,13,16H2,1-2H3/b25-23-. The predicted octanol–water partition coefficient (Wildman–Crippen LogP) is 4.93. The number of ketones is 1. The quantitative estimate of drug-likeness (QED) is 0.194. The summed E-state index contributed by atoms with van der Waals surface area (Å²) < 4.78 is 10.4. The van der Waals surface area contributed by atoms with Crippen molar-refractivity contribution < 1.29 is 29.0 Å². The lowest BCUT2D eigenvalue weighted by molar-refractivity contribution is -0.140. The monoisotopic (exact) mass is 520 g/mol. The van der Waals surface area contributed by atoms with E-state index in [1.54, 1.807) is 54.9 Å². The van der Waals surface area contributed by atoms with Crippen LogP contribution < -0.4 is 4.74 Å². The summed E-state index contributed by atoms with van der Waals surface area (Å²) in [6.45, 7) is 2.30. The Labute approximate surface area is 219 Å². The number of carbonyl (C=O) groups excluding carboxylic acids is 3. The summed E-state index contributed by atoms with van der Waals surface area (Å²) in [4.78, 5) is 44.1. The maximum absolute atomic E-state index is 13.2. The fourth-order valence-electron chi connectivity index (χ4n) is 4.11. The van der Waals surface area contributed by atoms with Crippen LogP contribution >= 0.6 is 11.6 Å². The summed E-state index contributed by atoms with van der Waals surface area (Å²) in [6, 6.07) is 13.8. The van der Waals surface area contributed by atoms with E-state index >= 15 is 0 Å². The molecule has 8 nitrogen and oxygen atoms in total. The van der Waals surface area contributed by atoms with Crippen LogP contribution in [-0.4, -0.2) is 46.4 Å². The van der Waals surface area contributed by atoms with E-state index in [-0.39, 0.29) is 23.4 Å². The number of benzene rings is 2. The molecule has 0 spiro atoms. The van der Waals surface area contributed by atoms with E-state index in [1.165, 1.54) is 24.1 Å². The Balaban J connectivity index is 1.73. The number of rotatable bonds is 8. The Bertz CT molecular complexity index is 1350. The van der Waals surface area contributed by atoms with Gasteiger partial charge in [-0.3, -0.25) is 14.6 Å². The molecule has 190 valence electrons. The molecule has 37 heavy (non-hydrogen) atoms. The normalized spacial score (nSPS) is 16.6. The van der Waals surface area contributed by atoms with Gasteiger partial charge in [0.25, 0.3) is 11.7 Å². The van der Waals surface area contributed by atoms with Crippen molar-refractivity contribution >= 4 is 35.0 Å². The Hall–Kier alpha value is -4.17. The van der Waals surface area contributed by atoms with Crippen molar-refractivity contribution in [2.24, 2.45) is 0 Å². The maximum Gasteiger partial charge on any atom is 0.338 e. The van der Waals surface area contributed by atoms with Gasteiger partial charge in [0.2, 0.25) is 0 Å². The molecule has 2 aromatic carbocycles. The molecule has 0 saturated carbocycles. The molecule has 1 atom stereocenters. The van der Waals surface area contributed by atoms with Crippen LogP contribution in [0, 0.1) is 0 Å². The minimum atomic E-state index is -0.885. The van der Waals surface area contributed by atoms with Crippen LogP contribution in [0.2, 0.25) is 5.02 Å². The first-order valence-electron chi connectivity index (χ1n) is 11.6. The second-order valence-electron chi connectivity index (χ2n) is 8.40. The molecule has 1 fully saturated rings. The Kier molecular flexibility index (Phi) is 7.89. The number of aliphatic hydroxyl groups excluding tert-OH is 1. The summed E-state index contributed by atoms with van der Waals surface area (Å²) in [5.74, 6) is -2.04. The molecular formula is C28H25ClN2O6.